The van der Waals surface area contributed by atoms with E-state index in [9.17, 15) is 4.79 Å². The van der Waals surface area contributed by atoms with Crippen LogP contribution in [-0.2, 0) is 18.3 Å². The molecule has 0 bridgehead atoms. The first-order valence-electron chi connectivity index (χ1n) is 8.47. The summed E-state index contributed by atoms with van der Waals surface area (Å²) in [5.41, 5.74) is 1.06. The molecule has 1 saturated heterocycles. The minimum atomic E-state index is -0.122. The van der Waals surface area contributed by atoms with Gasteiger partial charge < -0.3 is 0 Å². The highest BCUT2D eigenvalue weighted by atomic mass is 16.1. The molecular weight excluding hydrogens is 262 g/mol. The molecule has 0 radical (unpaired) electrons. The van der Waals surface area contributed by atoms with Gasteiger partial charge in [0.15, 0.2) is 5.78 Å². The topological polar surface area (TPSA) is 38.1 Å². The predicted octanol–water partition coefficient (Wildman–Crippen LogP) is 2.72. The van der Waals surface area contributed by atoms with Gasteiger partial charge in [-0.1, -0.05) is 19.3 Å². The van der Waals surface area contributed by atoms with Crippen molar-refractivity contribution in [2.45, 2.75) is 63.3 Å². The quantitative estimate of drug-likeness (QED) is 0.836. The Morgan fingerprint density at radius 3 is 2.52 bits per heavy atom. The van der Waals surface area contributed by atoms with E-state index in [2.05, 4.69) is 10.00 Å². The van der Waals surface area contributed by atoms with Crippen molar-refractivity contribution in [3.63, 3.8) is 0 Å². The van der Waals surface area contributed by atoms with E-state index in [1.807, 2.05) is 24.1 Å². The number of rotatable bonds is 5. The van der Waals surface area contributed by atoms with Gasteiger partial charge in [-0.25, -0.2) is 0 Å². The van der Waals surface area contributed by atoms with E-state index < -0.39 is 0 Å². The molecular formula is C17H27N3O. The van der Waals surface area contributed by atoms with E-state index >= 15 is 0 Å². The van der Waals surface area contributed by atoms with Crippen LogP contribution in [0.1, 0.15) is 56.9 Å². The van der Waals surface area contributed by atoms with Crippen LogP contribution in [0.4, 0.5) is 0 Å². The van der Waals surface area contributed by atoms with Crippen molar-refractivity contribution in [1.82, 2.24) is 14.7 Å². The molecule has 1 aliphatic carbocycles. The second-order valence-electron chi connectivity index (χ2n) is 6.73. The molecule has 4 heteroatoms. The highest BCUT2D eigenvalue weighted by Gasteiger charge is 2.45. The molecule has 0 amide bonds. The Kier molecular flexibility index (Phi) is 4.43. The SMILES string of the molecule is Cn1cc(CCC(=O)C2(N3CCCCC3)CCCC2)cn1. The van der Waals surface area contributed by atoms with Gasteiger partial charge in [-0.3, -0.25) is 14.4 Å². The molecule has 21 heavy (non-hydrogen) atoms. The zero-order valence-electron chi connectivity index (χ0n) is 13.2. The summed E-state index contributed by atoms with van der Waals surface area (Å²) in [4.78, 5) is 15.5. The van der Waals surface area contributed by atoms with Crippen LogP contribution < -0.4 is 0 Å². The van der Waals surface area contributed by atoms with Gasteiger partial charge >= 0.3 is 0 Å². The first-order chi connectivity index (χ1) is 10.2. The Morgan fingerprint density at radius 1 is 1.19 bits per heavy atom. The molecule has 116 valence electrons. The molecule has 1 aromatic rings. The number of Topliss-reactive ketones (excluding diaryl/α,β-unsaturated/α-hetero) is 1. The molecule has 0 spiro atoms. The predicted molar refractivity (Wildman–Crippen MR) is 83.2 cm³/mol. The molecule has 1 aliphatic heterocycles. The maximum Gasteiger partial charge on any atom is 0.153 e. The zero-order valence-corrected chi connectivity index (χ0v) is 13.2. The number of hydrogen-bond acceptors (Lipinski definition) is 3. The monoisotopic (exact) mass is 289 g/mol. The van der Waals surface area contributed by atoms with E-state index in [1.165, 1.54) is 37.7 Å². The lowest BCUT2D eigenvalue weighted by Gasteiger charge is -2.42. The first kappa shape index (κ1) is 14.8. The van der Waals surface area contributed by atoms with Gasteiger partial charge in [-0.05, 0) is 50.8 Å². The highest BCUT2D eigenvalue weighted by molar-refractivity contribution is 5.89. The fourth-order valence-electron chi connectivity index (χ4n) is 4.14. The van der Waals surface area contributed by atoms with Crippen LogP contribution in [0.3, 0.4) is 0 Å². The van der Waals surface area contributed by atoms with Gasteiger partial charge in [0.25, 0.3) is 0 Å². The van der Waals surface area contributed by atoms with Crippen molar-refractivity contribution in [2.24, 2.45) is 7.05 Å². The fraction of sp³-hybridized carbons (Fsp3) is 0.765. The van der Waals surface area contributed by atoms with Gasteiger partial charge in [-0.15, -0.1) is 0 Å². The lowest BCUT2D eigenvalue weighted by Crippen LogP contribution is -2.54. The second-order valence-corrected chi connectivity index (χ2v) is 6.73. The third-order valence-corrected chi connectivity index (χ3v) is 5.31. The van der Waals surface area contributed by atoms with Gasteiger partial charge in [0.1, 0.15) is 0 Å². The Hall–Kier alpha value is -1.16. The van der Waals surface area contributed by atoms with Gasteiger partial charge in [-0.2, -0.15) is 5.10 Å². The van der Waals surface area contributed by atoms with Gasteiger partial charge in [0.2, 0.25) is 0 Å². The third-order valence-electron chi connectivity index (χ3n) is 5.31. The van der Waals surface area contributed by atoms with Crippen LogP contribution in [0.15, 0.2) is 12.4 Å². The van der Waals surface area contributed by atoms with Gasteiger partial charge in [0.05, 0.1) is 11.7 Å². The zero-order chi connectivity index (χ0) is 14.7. The number of aromatic nitrogens is 2. The summed E-state index contributed by atoms with van der Waals surface area (Å²) < 4.78 is 1.82. The minimum absolute atomic E-state index is 0.122. The van der Waals surface area contributed by atoms with Crippen LogP contribution in [0, 0.1) is 0 Å². The van der Waals surface area contributed by atoms with Crippen LogP contribution in [-0.4, -0.2) is 39.1 Å². The van der Waals surface area contributed by atoms with Crippen LogP contribution in [0.25, 0.3) is 0 Å². The highest BCUT2D eigenvalue weighted by Crippen LogP contribution is 2.38. The number of nitrogens with zero attached hydrogens (tertiary/aromatic N) is 3. The number of likely N-dealkylation sites (tertiary alicyclic amines) is 1. The number of carbonyl (C=O) groups excluding carboxylic acids is 1. The first-order valence-corrected chi connectivity index (χ1v) is 8.47. The van der Waals surface area contributed by atoms with E-state index in [0.717, 1.165) is 32.4 Å². The number of aryl methyl sites for hydroxylation is 2. The van der Waals surface area contributed by atoms with Crippen LogP contribution in [0.2, 0.25) is 0 Å². The molecule has 1 aromatic heterocycles. The summed E-state index contributed by atoms with van der Waals surface area (Å²) >= 11 is 0. The van der Waals surface area contributed by atoms with E-state index in [-0.39, 0.29) is 5.54 Å². The molecule has 2 heterocycles. The molecule has 3 rings (SSSR count). The molecule has 0 unspecified atom stereocenters. The maximum absolute atomic E-state index is 13.0. The lowest BCUT2D eigenvalue weighted by molar-refractivity contribution is -0.132. The Morgan fingerprint density at radius 2 is 1.90 bits per heavy atom. The van der Waals surface area contributed by atoms with Crippen molar-refractivity contribution in [2.75, 3.05) is 13.1 Å². The molecule has 0 aromatic carbocycles. The van der Waals surface area contributed by atoms with E-state index in [1.54, 1.807) is 0 Å². The maximum atomic E-state index is 13.0. The summed E-state index contributed by atoms with van der Waals surface area (Å²) in [5, 5.41) is 4.19. The summed E-state index contributed by atoms with van der Waals surface area (Å²) in [6, 6.07) is 0. The Labute approximate surface area is 127 Å². The van der Waals surface area contributed by atoms with Crippen molar-refractivity contribution in [3.05, 3.63) is 18.0 Å². The van der Waals surface area contributed by atoms with Crippen molar-refractivity contribution in [3.8, 4) is 0 Å². The second kappa shape index (κ2) is 6.30. The van der Waals surface area contributed by atoms with Crippen LogP contribution in [0.5, 0.6) is 0 Å². The number of piperidine rings is 1. The van der Waals surface area contributed by atoms with Crippen LogP contribution >= 0.6 is 0 Å². The smallest absolute Gasteiger partial charge is 0.153 e. The van der Waals surface area contributed by atoms with E-state index in [4.69, 9.17) is 0 Å². The van der Waals surface area contributed by atoms with E-state index in [0.29, 0.717) is 12.2 Å². The normalized spacial score (nSPS) is 22.5. The minimum Gasteiger partial charge on any atom is -0.298 e. The largest absolute Gasteiger partial charge is 0.298 e. The number of ketones is 1. The summed E-state index contributed by atoms with van der Waals surface area (Å²) in [7, 11) is 1.93. The fourth-order valence-corrected chi connectivity index (χ4v) is 4.14. The summed E-state index contributed by atoms with van der Waals surface area (Å²) in [5.74, 6) is 0.478. The summed E-state index contributed by atoms with van der Waals surface area (Å²) in [6.45, 7) is 2.25. The molecule has 2 aliphatic rings. The molecule has 0 N–H and O–H groups in total. The molecule has 4 nitrogen and oxygen atoms in total. The third kappa shape index (κ3) is 3.05. The average molecular weight is 289 g/mol. The standard InChI is InChI=1S/C17H27N3O/c1-19-14-15(13-18-19)7-8-16(21)17(9-3-4-10-17)20-11-5-2-6-12-20/h13-14H,2-12H2,1H3. The lowest BCUT2D eigenvalue weighted by atomic mass is 9.85. The molecule has 0 atom stereocenters. The van der Waals surface area contributed by atoms with Crippen molar-refractivity contribution in [1.29, 1.82) is 0 Å². The molecule has 1 saturated carbocycles. The van der Waals surface area contributed by atoms with Crippen molar-refractivity contribution >= 4 is 5.78 Å². The average Bonchev–Trinajstić information content (AvgIpc) is 3.15. The Bertz CT molecular complexity index is 482. The number of carbonyl (C=O) groups is 1. The van der Waals surface area contributed by atoms with Gasteiger partial charge in [0, 0.05) is 19.7 Å². The number of hydrogen-bond donors (Lipinski definition) is 0. The van der Waals surface area contributed by atoms with Crippen molar-refractivity contribution < 1.29 is 4.79 Å². The Balaban J connectivity index is 1.66. The molecule has 2 fully saturated rings. The summed E-state index contributed by atoms with van der Waals surface area (Å²) in [6.07, 6.45) is 13.9.